The number of aliphatic carboxylic acids is 1. The monoisotopic (exact) mass is 216 g/mol. The molecule has 0 aliphatic rings. The molecule has 0 saturated heterocycles. The molecule has 2 rings (SSSR count). The van der Waals surface area contributed by atoms with Gasteiger partial charge in [0.05, 0.1) is 11.6 Å². The van der Waals surface area contributed by atoms with Gasteiger partial charge in [-0.2, -0.15) is 5.26 Å². The van der Waals surface area contributed by atoms with Gasteiger partial charge in [-0.3, -0.25) is 0 Å². The van der Waals surface area contributed by atoms with Crippen LogP contribution in [0.4, 0.5) is 0 Å². The van der Waals surface area contributed by atoms with Crippen LogP contribution in [0.5, 0.6) is 0 Å². The number of benzene rings is 1. The molecule has 0 saturated carbocycles. The summed E-state index contributed by atoms with van der Waals surface area (Å²) in [4.78, 5) is 10.5. The van der Waals surface area contributed by atoms with Crippen LogP contribution in [0.25, 0.3) is 10.1 Å². The first-order valence-corrected chi connectivity index (χ1v) is 5.19. The highest BCUT2D eigenvalue weighted by atomic mass is 32.1. The van der Waals surface area contributed by atoms with Crippen molar-refractivity contribution in [3.63, 3.8) is 0 Å². The fraction of sp³-hybridized carbons (Fsp3) is 0.0909. The van der Waals surface area contributed by atoms with Crippen LogP contribution in [0.2, 0.25) is 0 Å². The lowest BCUT2D eigenvalue weighted by Gasteiger charge is -2.00. The normalized spacial score (nSPS) is 10.1. The number of carboxylic acids is 1. The van der Waals surface area contributed by atoms with E-state index in [0.29, 0.717) is 11.1 Å². The summed E-state index contributed by atoms with van der Waals surface area (Å²) in [5, 5.41) is 21.9. The zero-order valence-electron chi connectivity index (χ0n) is 7.69. The lowest BCUT2D eigenvalue weighted by molar-refractivity contribution is -0.304. The second kappa shape index (κ2) is 3.71. The van der Waals surface area contributed by atoms with Gasteiger partial charge in [0.2, 0.25) is 0 Å². The van der Waals surface area contributed by atoms with Crippen LogP contribution in [0, 0.1) is 11.3 Å². The molecule has 0 aliphatic heterocycles. The molecule has 0 amide bonds. The Morgan fingerprint density at radius 2 is 2.33 bits per heavy atom. The highest BCUT2D eigenvalue weighted by Crippen LogP contribution is 2.27. The highest BCUT2D eigenvalue weighted by Gasteiger charge is 2.05. The van der Waals surface area contributed by atoms with E-state index in [-0.39, 0.29) is 6.42 Å². The smallest absolute Gasteiger partial charge is 0.0991 e. The molecule has 0 radical (unpaired) electrons. The van der Waals surface area contributed by atoms with Crippen LogP contribution in [-0.4, -0.2) is 5.97 Å². The van der Waals surface area contributed by atoms with Crippen LogP contribution < -0.4 is 5.11 Å². The van der Waals surface area contributed by atoms with Crippen LogP contribution in [0.15, 0.2) is 23.6 Å². The summed E-state index contributed by atoms with van der Waals surface area (Å²) in [6.45, 7) is 0. The largest absolute Gasteiger partial charge is 0.550 e. The number of carbonyl (C=O) groups excluding carboxylic acids is 1. The van der Waals surface area contributed by atoms with E-state index in [1.54, 1.807) is 17.5 Å². The SMILES string of the molecule is N#Cc1ccc2scc(CC(=O)[O-])c2c1. The van der Waals surface area contributed by atoms with Gasteiger partial charge in [0, 0.05) is 17.1 Å². The number of nitrogens with zero attached hydrogens (tertiary/aromatic N) is 1. The van der Waals surface area contributed by atoms with E-state index >= 15 is 0 Å². The summed E-state index contributed by atoms with van der Waals surface area (Å²) < 4.78 is 0.991. The summed E-state index contributed by atoms with van der Waals surface area (Å²) >= 11 is 1.47. The van der Waals surface area contributed by atoms with Gasteiger partial charge in [-0.25, -0.2) is 0 Å². The Labute approximate surface area is 90.2 Å². The van der Waals surface area contributed by atoms with Crippen LogP contribution in [0.1, 0.15) is 11.1 Å². The molecule has 1 heterocycles. The van der Waals surface area contributed by atoms with E-state index in [9.17, 15) is 9.90 Å². The number of rotatable bonds is 2. The Bertz CT molecular complexity index is 565. The summed E-state index contributed by atoms with van der Waals surface area (Å²) in [6.07, 6.45) is -0.102. The van der Waals surface area contributed by atoms with Crippen molar-refractivity contribution in [2.45, 2.75) is 6.42 Å². The van der Waals surface area contributed by atoms with Crippen molar-refractivity contribution in [1.29, 1.82) is 5.26 Å². The van der Waals surface area contributed by atoms with Crippen LogP contribution >= 0.6 is 11.3 Å². The molecule has 2 aromatic rings. The number of fused-ring (bicyclic) bond motifs is 1. The minimum absolute atomic E-state index is 0.102. The lowest BCUT2D eigenvalue weighted by Crippen LogP contribution is -2.24. The molecule has 1 aromatic heterocycles. The zero-order valence-corrected chi connectivity index (χ0v) is 8.50. The van der Waals surface area contributed by atoms with Gasteiger partial charge in [-0.05, 0) is 34.5 Å². The van der Waals surface area contributed by atoms with Gasteiger partial charge >= 0.3 is 0 Å². The molecule has 15 heavy (non-hydrogen) atoms. The van der Waals surface area contributed by atoms with Crippen molar-refractivity contribution < 1.29 is 9.90 Å². The molecule has 74 valence electrons. The van der Waals surface area contributed by atoms with Crippen molar-refractivity contribution in [1.82, 2.24) is 0 Å². The van der Waals surface area contributed by atoms with Gasteiger partial charge in [0.1, 0.15) is 0 Å². The summed E-state index contributed by atoms with van der Waals surface area (Å²) in [7, 11) is 0. The summed E-state index contributed by atoms with van der Waals surface area (Å²) in [5.74, 6) is -1.10. The van der Waals surface area contributed by atoms with Gasteiger partial charge < -0.3 is 9.90 Å². The second-order valence-corrected chi connectivity index (χ2v) is 4.04. The second-order valence-electron chi connectivity index (χ2n) is 3.13. The lowest BCUT2D eigenvalue weighted by atomic mass is 10.1. The Morgan fingerprint density at radius 1 is 1.53 bits per heavy atom. The van der Waals surface area contributed by atoms with E-state index in [1.165, 1.54) is 11.3 Å². The van der Waals surface area contributed by atoms with Crippen molar-refractivity contribution in [3.8, 4) is 6.07 Å². The first-order chi connectivity index (χ1) is 7.20. The molecule has 1 aromatic carbocycles. The predicted octanol–water partition coefficient (Wildman–Crippen LogP) is 1.07. The number of carbonyl (C=O) groups is 1. The number of hydrogen-bond acceptors (Lipinski definition) is 4. The highest BCUT2D eigenvalue weighted by molar-refractivity contribution is 7.17. The molecular weight excluding hydrogens is 210 g/mol. The maximum atomic E-state index is 10.5. The average Bonchev–Trinajstić information content (AvgIpc) is 2.60. The molecule has 0 spiro atoms. The first kappa shape index (κ1) is 9.69. The van der Waals surface area contributed by atoms with Gasteiger partial charge in [-0.15, -0.1) is 11.3 Å². The minimum atomic E-state index is -1.10. The Morgan fingerprint density at radius 3 is 3.00 bits per heavy atom. The van der Waals surface area contributed by atoms with E-state index in [4.69, 9.17) is 5.26 Å². The fourth-order valence-electron chi connectivity index (χ4n) is 1.44. The Balaban J connectivity index is 2.57. The predicted molar refractivity (Wildman–Crippen MR) is 55.3 cm³/mol. The third-order valence-corrected chi connectivity index (χ3v) is 3.13. The molecule has 0 unspecified atom stereocenters. The first-order valence-electron chi connectivity index (χ1n) is 4.31. The topological polar surface area (TPSA) is 63.9 Å². The third-order valence-electron chi connectivity index (χ3n) is 2.12. The zero-order chi connectivity index (χ0) is 10.8. The van der Waals surface area contributed by atoms with Gasteiger partial charge in [0.25, 0.3) is 0 Å². The van der Waals surface area contributed by atoms with E-state index in [2.05, 4.69) is 0 Å². The number of thiophene rings is 1. The molecule has 0 bridgehead atoms. The maximum absolute atomic E-state index is 10.5. The van der Waals surface area contributed by atoms with Crippen molar-refractivity contribution in [3.05, 3.63) is 34.7 Å². The van der Waals surface area contributed by atoms with Crippen LogP contribution in [0.3, 0.4) is 0 Å². The van der Waals surface area contributed by atoms with Crippen molar-refractivity contribution in [2.24, 2.45) is 0 Å². The molecule has 3 nitrogen and oxygen atoms in total. The molecule has 0 atom stereocenters. The Kier molecular flexibility index (Phi) is 2.40. The Hall–Kier alpha value is -1.86. The summed E-state index contributed by atoms with van der Waals surface area (Å²) in [5.41, 5.74) is 1.26. The molecule has 0 N–H and O–H groups in total. The molecule has 4 heteroatoms. The number of carboxylic acid groups (broad SMARTS) is 1. The van der Waals surface area contributed by atoms with Gasteiger partial charge in [-0.1, -0.05) is 0 Å². The van der Waals surface area contributed by atoms with Crippen LogP contribution in [-0.2, 0) is 11.2 Å². The van der Waals surface area contributed by atoms with Crippen molar-refractivity contribution >= 4 is 27.4 Å². The third kappa shape index (κ3) is 1.83. The van der Waals surface area contributed by atoms with E-state index in [1.807, 2.05) is 12.1 Å². The number of nitriles is 1. The quantitative estimate of drug-likeness (QED) is 0.754. The van der Waals surface area contributed by atoms with Gasteiger partial charge in [0.15, 0.2) is 0 Å². The standard InChI is InChI=1S/C11H7NO2S/c12-5-7-1-2-10-9(3-7)8(6-15-10)4-11(13)14/h1-3,6H,4H2,(H,13,14)/p-1. The molecule has 0 aliphatic carbocycles. The fourth-order valence-corrected chi connectivity index (χ4v) is 2.39. The maximum Gasteiger partial charge on any atom is 0.0991 e. The minimum Gasteiger partial charge on any atom is -0.550 e. The average molecular weight is 216 g/mol. The number of hydrogen-bond donors (Lipinski definition) is 0. The molecule has 0 fully saturated rings. The summed E-state index contributed by atoms with van der Waals surface area (Å²) in [6, 6.07) is 7.30. The molecular formula is C11H6NO2S-. The van der Waals surface area contributed by atoms with Crippen molar-refractivity contribution in [2.75, 3.05) is 0 Å². The van der Waals surface area contributed by atoms with E-state index in [0.717, 1.165) is 10.1 Å². The van der Waals surface area contributed by atoms with E-state index < -0.39 is 5.97 Å².